The summed E-state index contributed by atoms with van der Waals surface area (Å²) in [7, 11) is 0. The molecule has 5 rings (SSSR count). The number of amides is 2. The van der Waals surface area contributed by atoms with E-state index < -0.39 is 0 Å². The van der Waals surface area contributed by atoms with Crippen molar-refractivity contribution in [1.29, 1.82) is 0 Å². The average molecular weight is 499 g/mol. The van der Waals surface area contributed by atoms with E-state index in [0.717, 1.165) is 38.5 Å². The molecule has 0 heterocycles. The lowest BCUT2D eigenvalue weighted by atomic mass is 9.79. The van der Waals surface area contributed by atoms with Crippen molar-refractivity contribution in [2.45, 2.75) is 178 Å². The van der Waals surface area contributed by atoms with Crippen LogP contribution in [0.3, 0.4) is 0 Å². The molecule has 2 atom stereocenters. The molecular formula is C32H54N2O2. The molecule has 0 aromatic heterocycles. The van der Waals surface area contributed by atoms with E-state index in [2.05, 4.69) is 9.80 Å². The molecule has 2 unspecified atom stereocenters. The van der Waals surface area contributed by atoms with Gasteiger partial charge in [-0.25, -0.2) is 0 Å². The predicted octanol–water partition coefficient (Wildman–Crippen LogP) is 7.78. The zero-order chi connectivity index (χ0) is 24.7. The highest BCUT2D eigenvalue weighted by molar-refractivity contribution is 5.81. The van der Waals surface area contributed by atoms with Crippen molar-refractivity contribution in [2.75, 3.05) is 0 Å². The zero-order valence-electron chi connectivity index (χ0n) is 23.1. The molecule has 4 heteroatoms. The maximum Gasteiger partial charge on any atom is 0.226 e. The molecule has 5 aliphatic rings. The Balaban J connectivity index is 1.45. The summed E-state index contributed by atoms with van der Waals surface area (Å²) < 4.78 is 0. The minimum absolute atomic E-state index is 0.237. The predicted molar refractivity (Wildman–Crippen MR) is 147 cm³/mol. The van der Waals surface area contributed by atoms with Crippen LogP contribution < -0.4 is 0 Å². The number of rotatable bonds is 6. The lowest BCUT2D eigenvalue weighted by Gasteiger charge is -2.52. The maximum atomic E-state index is 14.3. The van der Waals surface area contributed by atoms with Gasteiger partial charge in [0.2, 0.25) is 11.8 Å². The third-order valence-electron chi connectivity index (χ3n) is 10.8. The quantitative estimate of drug-likeness (QED) is 0.375. The van der Waals surface area contributed by atoms with Crippen LogP contribution in [0.1, 0.15) is 154 Å². The molecule has 36 heavy (non-hydrogen) atoms. The van der Waals surface area contributed by atoms with E-state index in [4.69, 9.17) is 0 Å². The van der Waals surface area contributed by atoms with Gasteiger partial charge < -0.3 is 9.80 Å². The fraction of sp³-hybridized carbons (Fsp3) is 0.938. The number of carbonyl (C=O) groups excluding carboxylic acids is 2. The van der Waals surface area contributed by atoms with Gasteiger partial charge in [0.05, 0.1) is 12.1 Å². The lowest BCUT2D eigenvalue weighted by molar-refractivity contribution is -0.154. The van der Waals surface area contributed by atoms with Crippen LogP contribution >= 0.6 is 0 Å². The van der Waals surface area contributed by atoms with Crippen molar-refractivity contribution in [3.63, 3.8) is 0 Å². The monoisotopic (exact) mass is 498 g/mol. The molecule has 2 amide bonds. The molecule has 0 aliphatic heterocycles. The second kappa shape index (κ2) is 13.1. The van der Waals surface area contributed by atoms with Crippen LogP contribution in [0.4, 0.5) is 0 Å². The molecule has 0 aromatic carbocycles. The summed E-state index contributed by atoms with van der Waals surface area (Å²) in [4.78, 5) is 33.6. The van der Waals surface area contributed by atoms with Crippen molar-refractivity contribution < 1.29 is 9.59 Å². The molecule has 5 aliphatic carbocycles. The first kappa shape index (κ1) is 26.5. The Morgan fingerprint density at radius 2 is 0.639 bits per heavy atom. The highest BCUT2D eigenvalue weighted by atomic mass is 16.2. The van der Waals surface area contributed by atoms with Crippen molar-refractivity contribution in [3.8, 4) is 0 Å². The van der Waals surface area contributed by atoms with Gasteiger partial charge in [-0.05, 0) is 64.2 Å². The Morgan fingerprint density at radius 3 is 0.972 bits per heavy atom. The van der Waals surface area contributed by atoms with Gasteiger partial charge in [0.25, 0.3) is 0 Å². The zero-order valence-corrected chi connectivity index (χ0v) is 23.1. The fourth-order valence-electron chi connectivity index (χ4n) is 8.81. The normalized spacial score (nSPS) is 30.1. The Bertz CT molecular complexity index is 639. The summed E-state index contributed by atoms with van der Waals surface area (Å²) in [5.41, 5.74) is 0. The lowest BCUT2D eigenvalue weighted by Crippen LogP contribution is -2.63. The van der Waals surface area contributed by atoms with Gasteiger partial charge in [-0.2, -0.15) is 0 Å². The summed E-state index contributed by atoms with van der Waals surface area (Å²) in [5.74, 6) is 1.43. The summed E-state index contributed by atoms with van der Waals surface area (Å²) in [6.07, 6.45) is 28.9. The molecule has 0 aromatic rings. The van der Waals surface area contributed by atoms with Crippen LogP contribution in [-0.2, 0) is 9.59 Å². The second-order valence-corrected chi connectivity index (χ2v) is 13.2. The fourth-order valence-corrected chi connectivity index (χ4v) is 8.81. The minimum atomic E-state index is 0.237. The Labute approximate surface area is 221 Å². The smallest absolute Gasteiger partial charge is 0.226 e. The Kier molecular flexibility index (Phi) is 9.69. The van der Waals surface area contributed by atoms with Gasteiger partial charge in [-0.3, -0.25) is 9.59 Å². The molecule has 0 saturated heterocycles. The molecule has 5 fully saturated rings. The standard InChI is InChI=1S/C32H54N2O2/c35-31(25-15-5-1-6-16-25)33(27-19-9-3-10-20-27)29-23-13-14-24-30(29)34(28-21-11-4-12-22-28)32(36)26-17-7-2-8-18-26/h25-30H,1-24H2. The van der Waals surface area contributed by atoms with Gasteiger partial charge in [0, 0.05) is 23.9 Å². The van der Waals surface area contributed by atoms with Crippen molar-refractivity contribution >= 4 is 11.8 Å². The Hall–Kier alpha value is -1.06. The summed E-state index contributed by atoms with van der Waals surface area (Å²) >= 11 is 0. The Morgan fingerprint density at radius 1 is 0.361 bits per heavy atom. The molecule has 0 spiro atoms. The molecule has 4 nitrogen and oxygen atoms in total. The van der Waals surface area contributed by atoms with E-state index in [9.17, 15) is 9.59 Å². The van der Waals surface area contributed by atoms with E-state index >= 15 is 0 Å². The van der Waals surface area contributed by atoms with Gasteiger partial charge in [0.1, 0.15) is 0 Å². The summed E-state index contributed by atoms with van der Waals surface area (Å²) in [5, 5.41) is 0. The molecule has 0 radical (unpaired) electrons. The molecule has 0 N–H and O–H groups in total. The van der Waals surface area contributed by atoms with Crippen molar-refractivity contribution in [2.24, 2.45) is 11.8 Å². The van der Waals surface area contributed by atoms with E-state index in [0.29, 0.717) is 23.9 Å². The van der Waals surface area contributed by atoms with Crippen LogP contribution in [-0.4, -0.2) is 45.8 Å². The second-order valence-electron chi connectivity index (χ2n) is 13.2. The van der Waals surface area contributed by atoms with Crippen LogP contribution in [0.5, 0.6) is 0 Å². The first-order valence-corrected chi connectivity index (χ1v) is 16.4. The van der Waals surface area contributed by atoms with Gasteiger partial charge in [0.15, 0.2) is 0 Å². The van der Waals surface area contributed by atoms with Gasteiger partial charge >= 0.3 is 0 Å². The molecule has 0 bridgehead atoms. The third kappa shape index (κ3) is 6.15. The van der Waals surface area contributed by atoms with Crippen LogP contribution in [0.15, 0.2) is 0 Å². The molecular weight excluding hydrogens is 444 g/mol. The summed E-state index contributed by atoms with van der Waals surface area (Å²) in [6.45, 7) is 0. The van der Waals surface area contributed by atoms with E-state index in [1.165, 1.54) is 116 Å². The van der Waals surface area contributed by atoms with Crippen LogP contribution in [0, 0.1) is 11.8 Å². The number of nitrogens with zero attached hydrogens (tertiary/aromatic N) is 2. The average Bonchev–Trinajstić information content (AvgIpc) is 2.96. The van der Waals surface area contributed by atoms with Crippen molar-refractivity contribution in [1.82, 2.24) is 9.80 Å². The van der Waals surface area contributed by atoms with Crippen LogP contribution in [0.2, 0.25) is 0 Å². The highest BCUT2D eigenvalue weighted by Gasteiger charge is 2.45. The minimum Gasteiger partial charge on any atom is -0.334 e. The van der Waals surface area contributed by atoms with Gasteiger partial charge in [-0.1, -0.05) is 89.9 Å². The van der Waals surface area contributed by atoms with Crippen LogP contribution in [0.25, 0.3) is 0 Å². The SMILES string of the molecule is O=C(C1CCCCC1)N(C1CCCCC1)C1CCCCC1N(C(=O)C1CCCCC1)C1CCCCC1. The maximum absolute atomic E-state index is 14.3. The third-order valence-corrected chi connectivity index (χ3v) is 10.8. The van der Waals surface area contributed by atoms with E-state index in [1.807, 2.05) is 0 Å². The highest BCUT2D eigenvalue weighted by Crippen LogP contribution is 2.39. The van der Waals surface area contributed by atoms with E-state index in [1.54, 1.807) is 0 Å². The largest absolute Gasteiger partial charge is 0.334 e. The topological polar surface area (TPSA) is 40.6 Å². The number of hydrogen-bond donors (Lipinski definition) is 0. The molecule has 5 saturated carbocycles. The van der Waals surface area contributed by atoms with Gasteiger partial charge in [-0.15, -0.1) is 0 Å². The number of carbonyl (C=O) groups is 2. The molecule has 204 valence electrons. The van der Waals surface area contributed by atoms with Crippen molar-refractivity contribution in [3.05, 3.63) is 0 Å². The first-order valence-electron chi connectivity index (χ1n) is 16.4. The number of hydrogen-bond acceptors (Lipinski definition) is 2. The summed E-state index contributed by atoms with van der Waals surface area (Å²) in [6, 6.07) is 1.34. The first-order chi connectivity index (χ1) is 17.7. The van der Waals surface area contributed by atoms with E-state index in [-0.39, 0.29) is 23.9 Å².